The van der Waals surface area contributed by atoms with E-state index in [1.165, 1.54) is 25.8 Å². The summed E-state index contributed by atoms with van der Waals surface area (Å²) in [5.41, 5.74) is 5.58. The smallest absolute Gasteiger partial charge is 0.115 e. The fraction of sp³-hybridized carbons (Fsp3) is 0.636. The van der Waals surface area contributed by atoms with E-state index in [2.05, 4.69) is 16.8 Å². The molecule has 0 spiro atoms. The van der Waals surface area contributed by atoms with Gasteiger partial charge in [0.15, 0.2) is 0 Å². The van der Waals surface area contributed by atoms with Crippen LogP contribution >= 0.6 is 23.6 Å². The summed E-state index contributed by atoms with van der Waals surface area (Å²) in [5, 5.41) is 1.12. The number of nitrogens with zero attached hydrogens (tertiary/aromatic N) is 2. The maximum Gasteiger partial charge on any atom is 0.115 e. The van der Waals surface area contributed by atoms with Gasteiger partial charge in [0.2, 0.25) is 0 Å². The lowest BCUT2D eigenvalue weighted by molar-refractivity contribution is 0.152. The van der Waals surface area contributed by atoms with Crippen molar-refractivity contribution in [2.24, 2.45) is 5.73 Å². The van der Waals surface area contributed by atoms with E-state index in [4.69, 9.17) is 18.0 Å². The van der Waals surface area contributed by atoms with Crippen molar-refractivity contribution in [2.75, 3.05) is 6.54 Å². The molecule has 88 valence electrons. The highest BCUT2D eigenvalue weighted by molar-refractivity contribution is 7.81. The van der Waals surface area contributed by atoms with Crippen LogP contribution in [0.4, 0.5) is 0 Å². The van der Waals surface area contributed by atoms with Crippen LogP contribution in [0.2, 0.25) is 0 Å². The molecule has 2 heterocycles. The number of aromatic nitrogens is 1. The van der Waals surface area contributed by atoms with Crippen LogP contribution in [0.25, 0.3) is 0 Å². The lowest BCUT2D eigenvalue weighted by Gasteiger charge is -2.32. The third-order valence-corrected chi connectivity index (χ3v) is 4.44. The van der Waals surface area contributed by atoms with Gasteiger partial charge < -0.3 is 5.73 Å². The predicted molar refractivity (Wildman–Crippen MR) is 71.7 cm³/mol. The second kappa shape index (κ2) is 5.21. The average molecular weight is 255 g/mol. The molecular weight excluding hydrogens is 238 g/mol. The zero-order chi connectivity index (χ0) is 11.5. The summed E-state index contributed by atoms with van der Waals surface area (Å²) in [7, 11) is 0. The summed E-state index contributed by atoms with van der Waals surface area (Å²) in [5.74, 6) is 0. The Bertz CT molecular complexity index is 375. The van der Waals surface area contributed by atoms with Gasteiger partial charge in [0, 0.05) is 12.2 Å². The Kier molecular flexibility index (Phi) is 3.89. The zero-order valence-corrected chi connectivity index (χ0v) is 11.1. The molecule has 0 radical (unpaired) electrons. The molecule has 2 N–H and O–H groups in total. The van der Waals surface area contributed by atoms with E-state index in [0.29, 0.717) is 11.0 Å². The molecule has 0 amide bonds. The van der Waals surface area contributed by atoms with E-state index >= 15 is 0 Å². The number of nitrogens with two attached hydrogens (primary N) is 1. The molecule has 1 atom stereocenters. The van der Waals surface area contributed by atoms with Gasteiger partial charge in [-0.1, -0.05) is 18.6 Å². The zero-order valence-electron chi connectivity index (χ0n) is 9.48. The molecule has 0 aliphatic carbocycles. The van der Waals surface area contributed by atoms with Crippen LogP contribution in [0.1, 0.15) is 36.1 Å². The van der Waals surface area contributed by atoms with Crippen molar-refractivity contribution in [2.45, 2.75) is 38.8 Å². The summed E-state index contributed by atoms with van der Waals surface area (Å²) >= 11 is 6.56. The minimum atomic E-state index is 0.454. The molecule has 1 saturated heterocycles. The van der Waals surface area contributed by atoms with Gasteiger partial charge in [-0.25, -0.2) is 4.98 Å². The first kappa shape index (κ1) is 12.0. The highest BCUT2D eigenvalue weighted by Gasteiger charge is 2.19. The minimum Gasteiger partial charge on any atom is -0.389 e. The molecule has 0 saturated carbocycles. The molecule has 0 bridgehead atoms. The molecule has 5 heteroatoms. The Morgan fingerprint density at radius 1 is 1.69 bits per heavy atom. The van der Waals surface area contributed by atoms with Crippen molar-refractivity contribution in [1.29, 1.82) is 0 Å². The van der Waals surface area contributed by atoms with Crippen LogP contribution in [-0.4, -0.2) is 27.5 Å². The second-order valence-electron chi connectivity index (χ2n) is 4.30. The van der Waals surface area contributed by atoms with E-state index in [9.17, 15) is 0 Å². The summed E-state index contributed by atoms with van der Waals surface area (Å²) in [6.07, 6.45) is 5.75. The number of hydrogen-bond acceptors (Lipinski definition) is 4. The molecule has 1 aliphatic heterocycles. The highest BCUT2D eigenvalue weighted by Crippen LogP contribution is 2.21. The van der Waals surface area contributed by atoms with Crippen molar-refractivity contribution in [1.82, 2.24) is 9.88 Å². The Hall–Kier alpha value is -0.520. The molecular formula is C11H17N3S2. The van der Waals surface area contributed by atoms with Gasteiger partial charge in [-0.15, -0.1) is 11.3 Å². The molecule has 1 aromatic rings. The maximum absolute atomic E-state index is 5.58. The third kappa shape index (κ3) is 2.78. The second-order valence-corrected chi connectivity index (χ2v) is 5.85. The predicted octanol–water partition coefficient (Wildman–Crippen LogP) is 2.15. The number of thiocarbonyl (C=S) groups is 1. The Labute approximate surface area is 106 Å². The lowest BCUT2D eigenvalue weighted by atomic mass is 10.0. The molecule has 1 aromatic heterocycles. The number of thiazole rings is 1. The van der Waals surface area contributed by atoms with E-state index < -0.39 is 0 Å². The summed E-state index contributed by atoms with van der Waals surface area (Å²) < 4.78 is 0. The first-order chi connectivity index (χ1) is 7.66. The van der Waals surface area contributed by atoms with Crippen LogP contribution in [0.5, 0.6) is 0 Å². The Morgan fingerprint density at radius 2 is 2.50 bits per heavy atom. The highest BCUT2D eigenvalue weighted by atomic mass is 32.1. The topological polar surface area (TPSA) is 42.2 Å². The Balaban J connectivity index is 1.99. The van der Waals surface area contributed by atoms with Crippen molar-refractivity contribution in [3.63, 3.8) is 0 Å². The Morgan fingerprint density at radius 3 is 3.12 bits per heavy atom. The molecule has 1 fully saturated rings. The van der Waals surface area contributed by atoms with Gasteiger partial charge >= 0.3 is 0 Å². The number of hydrogen-bond donors (Lipinski definition) is 1. The van der Waals surface area contributed by atoms with E-state index in [-0.39, 0.29) is 0 Å². The number of rotatable bonds is 3. The molecule has 3 nitrogen and oxygen atoms in total. The van der Waals surface area contributed by atoms with Crippen molar-refractivity contribution < 1.29 is 0 Å². The van der Waals surface area contributed by atoms with E-state index in [1.54, 1.807) is 17.5 Å². The first-order valence-corrected chi connectivity index (χ1v) is 6.88. The van der Waals surface area contributed by atoms with Gasteiger partial charge in [-0.05, 0) is 26.3 Å². The normalized spacial score (nSPS) is 22.2. The van der Waals surface area contributed by atoms with Gasteiger partial charge in [-0.3, -0.25) is 4.90 Å². The lowest BCUT2D eigenvalue weighted by Crippen LogP contribution is -2.36. The van der Waals surface area contributed by atoms with Crippen LogP contribution in [-0.2, 0) is 6.54 Å². The number of piperidine rings is 1. The largest absolute Gasteiger partial charge is 0.389 e. The fourth-order valence-corrected chi connectivity index (χ4v) is 3.04. The third-order valence-electron chi connectivity index (χ3n) is 3.08. The molecule has 2 rings (SSSR count). The van der Waals surface area contributed by atoms with Gasteiger partial charge in [-0.2, -0.15) is 0 Å². The maximum atomic E-state index is 5.58. The standard InChI is InChI=1S/C11H17N3S2/c1-8-4-2-3-5-14(8)7-10-13-6-9(16-10)11(12)15/h6,8H,2-5,7H2,1H3,(H2,12,15). The molecule has 0 aromatic carbocycles. The van der Waals surface area contributed by atoms with Crippen molar-refractivity contribution >= 4 is 28.5 Å². The summed E-state index contributed by atoms with van der Waals surface area (Å²) in [4.78, 5) is 8.25. The van der Waals surface area contributed by atoms with E-state index in [0.717, 1.165) is 16.4 Å². The number of likely N-dealkylation sites (tertiary alicyclic amines) is 1. The van der Waals surface area contributed by atoms with Crippen LogP contribution < -0.4 is 5.73 Å². The van der Waals surface area contributed by atoms with Gasteiger partial charge in [0.05, 0.1) is 11.4 Å². The van der Waals surface area contributed by atoms with Crippen LogP contribution in [0.3, 0.4) is 0 Å². The van der Waals surface area contributed by atoms with Gasteiger partial charge in [0.25, 0.3) is 0 Å². The molecule has 1 aliphatic rings. The monoisotopic (exact) mass is 255 g/mol. The average Bonchev–Trinajstić information content (AvgIpc) is 2.70. The van der Waals surface area contributed by atoms with Crippen molar-refractivity contribution in [3.8, 4) is 0 Å². The quantitative estimate of drug-likeness (QED) is 0.840. The minimum absolute atomic E-state index is 0.454. The van der Waals surface area contributed by atoms with Crippen LogP contribution in [0.15, 0.2) is 6.20 Å². The van der Waals surface area contributed by atoms with E-state index in [1.807, 2.05) is 0 Å². The van der Waals surface area contributed by atoms with Crippen molar-refractivity contribution in [3.05, 3.63) is 16.1 Å². The summed E-state index contributed by atoms with van der Waals surface area (Å²) in [6.45, 7) is 4.42. The fourth-order valence-electron chi connectivity index (χ4n) is 2.06. The molecule has 1 unspecified atom stereocenters. The first-order valence-electron chi connectivity index (χ1n) is 5.65. The van der Waals surface area contributed by atoms with Crippen LogP contribution in [0, 0.1) is 0 Å². The SMILES string of the molecule is CC1CCCCN1Cc1ncc(C(N)=S)s1. The molecule has 16 heavy (non-hydrogen) atoms. The van der Waals surface area contributed by atoms with Gasteiger partial charge in [0.1, 0.15) is 10.00 Å². The summed E-state index contributed by atoms with van der Waals surface area (Å²) in [6, 6.07) is 0.672.